The molecule has 94 valence electrons. The zero-order valence-electron chi connectivity index (χ0n) is 9.28. The fourth-order valence-electron chi connectivity index (χ4n) is 1.11. The van der Waals surface area contributed by atoms with Crippen molar-refractivity contribution < 1.29 is 23.0 Å². The maximum atomic E-state index is 13.1. The van der Waals surface area contributed by atoms with Crippen LogP contribution in [0.25, 0.3) is 0 Å². The number of benzene rings is 1. The van der Waals surface area contributed by atoms with Crippen LogP contribution in [-0.4, -0.2) is 25.2 Å². The first-order valence-corrected chi connectivity index (χ1v) is 5.05. The number of halogens is 2. The van der Waals surface area contributed by atoms with E-state index in [1.807, 2.05) is 0 Å². The smallest absolute Gasteiger partial charge is 0.326 e. The fraction of sp³-hybridized carbons (Fsp3) is 0.364. The topological polar surface area (TPSA) is 61.5 Å². The summed E-state index contributed by atoms with van der Waals surface area (Å²) in [4.78, 5) is 11.1. The first-order chi connectivity index (χ1) is 8.06. The zero-order chi connectivity index (χ0) is 12.8. The molecular weight excluding hydrogens is 232 g/mol. The summed E-state index contributed by atoms with van der Waals surface area (Å²) in [7, 11) is 0. The van der Waals surface area contributed by atoms with Gasteiger partial charge in [-0.25, -0.2) is 8.78 Å². The summed E-state index contributed by atoms with van der Waals surface area (Å²) in [6, 6.07) is 2.24. The van der Waals surface area contributed by atoms with Crippen molar-refractivity contribution in [2.45, 2.75) is 13.0 Å². The van der Waals surface area contributed by atoms with E-state index in [4.69, 9.17) is 10.5 Å². The van der Waals surface area contributed by atoms with E-state index < -0.39 is 29.4 Å². The van der Waals surface area contributed by atoms with Gasteiger partial charge in [-0.2, -0.15) is 0 Å². The summed E-state index contributed by atoms with van der Waals surface area (Å²) in [5.41, 5.74) is 5.41. The molecule has 0 amide bonds. The average Bonchev–Trinajstić information content (AvgIpc) is 2.28. The Kier molecular flexibility index (Phi) is 4.84. The Hall–Kier alpha value is -1.69. The van der Waals surface area contributed by atoms with Gasteiger partial charge in [-0.1, -0.05) is 6.07 Å². The lowest BCUT2D eigenvalue weighted by atomic mass is 10.3. The normalized spacial score (nSPS) is 12.0. The molecule has 1 rings (SSSR count). The van der Waals surface area contributed by atoms with Crippen LogP contribution in [0.5, 0.6) is 5.75 Å². The van der Waals surface area contributed by atoms with Gasteiger partial charge in [-0.15, -0.1) is 0 Å². The predicted octanol–water partition coefficient (Wildman–Crippen LogP) is 1.23. The third-order valence-corrected chi connectivity index (χ3v) is 1.92. The highest BCUT2D eigenvalue weighted by Gasteiger charge is 2.17. The highest BCUT2D eigenvalue weighted by Crippen LogP contribution is 2.20. The van der Waals surface area contributed by atoms with Crippen LogP contribution in [0.2, 0.25) is 0 Å². The van der Waals surface area contributed by atoms with Gasteiger partial charge in [0.2, 0.25) is 0 Å². The van der Waals surface area contributed by atoms with Gasteiger partial charge in [0, 0.05) is 0 Å². The van der Waals surface area contributed by atoms with Crippen molar-refractivity contribution >= 4 is 5.97 Å². The number of carbonyl (C=O) groups excluding carboxylic acids is 1. The maximum Gasteiger partial charge on any atom is 0.326 e. The van der Waals surface area contributed by atoms with Crippen LogP contribution < -0.4 is 10.5 Å². The number of hydrogen-bond acceptors (Lipinski definition) is 4. The molecule has 1 atom stereocenters. The molecule has 1 unspecified atom stereocenters. The number of carbonyl (C=O) groups is 1. The quantitative estimate of drug-likeness (QED) is 0.793. The summed E-state index contributed by atoms with van der Waals surface area (Å²) in [6.07, 6.45) is 0. The lowest BCUT2D eigenvalue weighted by Crippen LogP contribution is -2.38. The molecule has 0 aliphatic heterocycles. The van der Waals surface area contributed by atoms with Crippen molar-refractivity contribution in [1.82, 2.24) is 0 Å². The number of rotatable bonds is 5. The summed E-state index contributed by atoms with van der Waals surface area (Å²) < 4.78 is 35.7. The third kappa shape index (κ3) is 3.67. The molecule has 2 N–H and O–H groups in total. The summed E-state index contributed by atoms with van der Waals surface area (Å²) in [6.45, 7) is 1.46. The van der Waals surface area contributed by atoms with E-state index >= 15 is 0 Å². The number of ether oxygens (including phenoxy) is 2. The summed E-state index contributed by atoms with van der Waals surface area (Å²) in [5.74, 6) is -2.92. The van der Waals surface area contributed by atoms with Crippen molar-refractivity contribution in [2.75, 3.05) is 13.2 Å². The van der Waals surface area contributed by atoms with Crippen LogP contribution in [0.3, 0.4) is 0 Å². The molecule has 0 aromatic heterocycles. The van der Waals surface area contributed by atoms with Gasteiger partial charge in [0.25, 0.3) is 0 Å². The van der Waals surface area contributed by atoms with Gasteiger partial charge in [0.15, 0.2) is 17.4 Å². The van der Waals surface area contributed by atoms with Gasteiger partial charge >= 0.3 is 5.97 Å². The molecule has 0 saturated heterocycles. The Labute approximate surface area is 97.3 Å². The molecule has 6 heteroatoms. The first kappa shape index (κ1) is 13.4. The van der Waals surface area contributed by atoms with E-state index in [0.29, 0.717) is 0 Å². The van der Waals surface area contributed by atoms with Crippen LogP contribution in [0.1, 0.15) is 6.92 Å². The number of para-hydroxylation sites is 1. The minimum absolute atomic E-state index is 0.181. The van der Waals surface area contributed by atoms with Crippen LogP contribution in [0.15, 0.2) is 18.2 Å². The fourth-order valence-corrected chi connectivity index (χ4v) is 1.11. The Bertz CT molecular complexity index is 378. The zero-order valence-corrected chi connectivity index (χ0v) is 9.28. The molecule has 0 bridgehead atoms. The molecule has 4 nitrogen and oxygen atoms in total. The van der Waals surface area contributed by atoms with Crippen LogP contribution in [-0.2, 0) is 9.53 Å². The number of esters is 1. The van der Waals surface area contributed by atoms with Gasteiger partial charge in [0.1, 0.15) is 12.6 Å². The van der Waals surface area contributed by atoms with E-state index in [-0.39, 0.29) is 13.2 Å². The van der Waals surface area contributed by atoms with Crippen molar-refractivity contribution in [2.24, 2.45) is 5.73 Å². The van der Waals surface area contributed by atoms with E-state index in [0.717, 1.165) is 12.1 Å². The summed E-state index contributed by atoms with van der Waals surface area (Å²) in [5, 5.41) is 0. The highest BCUT2D eigenvalue weighted by atomic mass is 19.1. The Morgan fingerprint density at radius 2 is 2.00 bits per heavy atom. The van der Waals surface area contributed by atoms with E-state index in [9.17, 15) is 13.6 Å². The average molecular weight is 245 g/mol. The molecule has 17 heavy (non-hydrogen) atoms. The van der Waals surface area contributed by atoms with Gasteiger partial charge in [-0.3, -0.25) is 4.79 Å². The SMILES string of the molecule is CCOC(=O)C(N)COc1c(F)cccc1F. The van der Waals surface area contributed by atoms with Crippen molar-refractivity contribution in [1.29, 1.82) is 0 Å². The second-order valence-corrected chi connectivity index (χ2v) is 3.22. The molecule has 0 radical (unpaired) electrons. The van der Waals surface area contributed by atoms with Crippen LogP contribution in [0, 0.1) is 11.6 Å². The van der Waals surface area contributed by atoms with Crippen LogP contribution in [0.4, 0.5) is 8.78 Å². The van der Waals surface area contributed by atoms with E-state index in [1.165, 1.54) is 6.07 Å². The Balaban J connectivity index is 2.58. The molecule has 0 saturated carbocycles. The number of nitrogens with two attached hydrogens (primary N) is 1. The molecule has 0 aliphatic rings. The molecule has 1 aromatic carbocycles. The van der Waals surface area contributed by atoms with Gasteiger partial charge in [0.05, 0.1) is 6.61 Å². The highest BCUT2D eigenvalue weighted by molar-refractivity contribution is 5.75. The molecule has 1 aromatic rings. The van der Waals surface area contributed by atoms with Crippen molar-refractivity contribution in [3.8, 4) is 5.75 Å². The monoisotopic (exact) mass is 245 g/mol. The number of hydrogen-bond donors (Lipinski definition) is 1. The first-order valence-electron chi connectivity index (χ1n) is 5.05. The van der Waals surface area contributed by atoms with Gasteiger partial charge < -0.3 is 15.2 Å². The lowest BCUT2D eigenvalue weighted by Gasteiger charge is -2.12. The lowest BCUT2D eigenvalue weighted by molar-refractivity contribution is -0.145. The van der Waals surface area contributed by atoms with Crippen molar-refractivity contribution in [3.63, 3.8) is 0 Å². The third-order valence-electron chi connectivity index (χ3n) is 1.92. The second-order valence-electron chi connectivity index (χ2n) is 3.22. The minimum Gasteiger partial charge on any atom is -0.485 e. The molecule has 0 heterocycles. The standard InChI is InChI=1S/C11H13F2NO3/c1-2-16-11(15)9(14)6-17-10-7(12)4-3-5-8(10)13/h3-5,9H,2,6,14H2,1H3. The minimum atomic E-state index is -1.08. The predicted molar refractivity (Wildman–Crippen MR) is 56.5 cm³/mol. The molecule has 0 spiro atoms. The van der Waals surface area contributed by atoms with Crippen molar-refractivity contribution in [3.05, 3.63) is 29.8 Å². The largest absolute Gasteiger partial charge is 0.485 e. The Morgan fingerprint density at radius 1 is 1.41 bits per heavy atom. The summed E-state index contributed by atoms with van der Waals surface area (Å²) >= 11 is 0. The van der Waals surface area contributed by atoms with Gasteiger partial charge in [-0.05, 0) is 19.1 Å². The Morgan fingerprint density at radius 3 is 2.53 bits per heavy atom. The van der Waals surface area contributed by atoms with E-state index in [2.05, 4.69) is 4.74 Å². The molecular formula is C11H13F2NO3. The molecule has 0 fully saturated rings. The van der Waals surface area contributed by atoms with Crippen LogP contribution >= 0.6 is 0 Å². The second kappa shape index (κ2) is 6.15. The van der Waals surface area contributed by atoms with E-state index in [1.54, 1.807) is 6.92 Å². The molecule has 0 aliphatic carbocycles. The maximum absolute atomic E-state index is 13.1.